The molecule has 1 N–H and O–H groups in total. The van der Waals surface area contributed by atoms with Gasteiger partial charge in [0, 0.05) is 29.2 Å². The van der Waals surface area contributed by atoms with Gasteiger partial charge >= 0.3 is 0 Å². The van der Waals surface area contributed by atoms with Crippen LogP contribution in [-0.2, 0) is 0 Å². The van der Waals surface area contributed by atoms with Crippen LogP contribution in [0.2, 0.25) is 0 Å². The second-order valence-electron chi connectivity index (χ2n) is 4.58. The van der Waals surface area contributed by atoms with Crippen LogP contribution in [0, 0.1) is 13.8 Å². The third kappa shape index (κ3) is 2.45. The van der Waals surface area contributed by atoms with Crippen molar-refractivity contribution in [2.45, 2.75) is 19.1 Å². The van der Waals surface area contributed by atoms with Gasteiger partial charge in [-0.05, 0) is 19.4 Å². The van der Waals surface area contributed by atoms with Gasteiger partial charge in [-0.25, -0.2) is 9.97 Å². The fourth-order valence-electron chi connectivity index (χ4n) is 2.23. The van der Waals surface area contributed by atoms with E-state index < -0.39 is 0 Å². The summed E-state index contributed by atoms with van der Waals surface area (Å²) in [5.74, 6) is 5.56. The number of aryl methyl sites for hydroxylation is 2. The molecule has 1 saturated heterocycles. The predicted octanol–water partition coefficient (Wildman–Crippen LogP) is 3.87. The van der Waals surface area contributed by atoms with Crippen LogP contribution in [0.4, 0.5) is 5.82 Å². The molecule has 0 spiro atoms. The minimum absolute atomic E-state index is 0.443. The quantitative estimate of drug-likeness (QED) is 0.911. The van der Waals surface area contributed by atoms with Gasteiger partial charge in [0.2, 0.25) is 0 Å². The van der Waals surface area contributed by atoms with E-state index in [0.29, 0.717) is 5.25 Å². The second kappa shape index (κ2) is 5.50. The van der Waals surface area contributed by atoms with Gasteiger partial charge < -0.3 is 5.32 Å². The molecule has 3 nitrogen and oxygen atoms in total. The first-order chi connectivity index (χ1) is 9.20. The summed E-state index contributed by atoms with van der Waals surface area (Å²) < 4.78 is 0. The first-order valence-corrected chi connectivity index (χ1v) is 9.37. The van der Waals surface area contributed by atoms with Crippen molar-refractivity contribution < 1.29 is 0 Å². The Morgan fingerprint density at radius 3 is 2.74 bits per heavy atom. The molecule has 1 fully saturated rings. The highest BCUT2D eigenvalue weighted by Gasteiger charge is 2.22. The Hall–Kier alpha value is -0.460. The van der Waals surface area contributed by atoms with Crippen LogP contribution in [-0.4, -0.2) is 34.3 Å². The molecular formula is C13H17N3S3. The van der Waals surface area contributed by atoms with E-state index in [-0.39, 0.29) is 0 Å². The van der Waals surface area contributed by atoms with Gasteiger partial charge in [-0.15, -0.1) is 23.1 Å². The van der Waals surface area contributed by atoms with Gasteiger partial charge in [0.25, 0.3) is 0 Å². The van der Waals surface area contributed by atoms with Crippen molar-refractivity contribution in [1.29, 1.82) is 0 Å². The van der Waals surface area contributed by atoms with Crippen molar-refractivity contribution in [3.8, 4) is 0 Å². The van der Waals surface area contributed by atoms with Crippen LogP contribution in [0.5, 0.6) is 0 Å². The van der Waals surface area contributed by atoms with E-state index in [1.54, 1.807) is 11.3 Å². The largest absolute Gasteiger partial charge is 0.372 e. The first-order valence-electron chi connectivity index (χ1n) is 6.35. The highest BCUT2D eigenvalue weighted by Crippen LogP contribution is 2.39. The summed E-state index contributed by atoms with van der Waals surface area (Å²) in [6, 6.07) is 0. The number of rotatable bonds is 2. The van der Waals surface area contributed by atoms with Crippen molar-refractivity contribution in [1.82, 2.24) is 9.97 Å². The van der Waals surface area contributed by atoms with Crippen LogP contribution in [0.1, 0.15) is 21.5 Å². The van der Waals surface area contributed by atoms with Crippen molar-refractivity contribution in [3.63, 3.8) is 0 Å². The monoisotopic (exact) mass is 311 g/mol. The number of anilines is 1. The molecule has 1 aliphatic heterocycles. The van der Waals surface area contributed by atoms with Gasteiger partial charge in [0.1, 0.15) is 16.5 Å². The number of fused-ring (bicyclic) bond motifs is 1. The number of aromatic nitrogens is 2. The lowest BCUT2D eigenvalue weighted by molar-refractivity contribution is 0.947. The van der Waals surface area contributed by atoms with E-state index >= 15 is 0 Å². The third-order valence-corrected chi connectivity index (χ3v) is 7.24. The van der Waals surface area contributed by atoms with Crippen LogP contribution in [0.15, 0.2) is 0 Å². The zero-order valence-electron chi connectivity index (χ0n) is 11.3. The van der Waals surface area contributed by atoms with E-state index in [1.807, 2.05) is 30.6 Å². The molecule has 0 amide bonds. The lowest BCUT2D eigenvalue weighted by Gasteiger charge is -2.20. The molecule has 102 valence electrons. The average molecular weight is 312 g/mol. The Balaban J connectivity index is 2.11. The van der Waals surface area contributed by atoms with E-state index in [9.17, 15) is 0 Å². The minimum atomic E-state index is 0.443. The zero-order chi connectivity index (χ0) is 13.4. The topological polar surface area (TPSA) is 37.8 Å². The van der Waals surface area contributed by atoms with Crippen LogP contribution >= 0.6 is 34.9 Å². The smallest absolute Gasteiger partial charge is 0.146 e. The van der Waals surface area contributed by atoms with Crippen LogP contribution < -0.4 is 5.32 Å². The molecule has 0 aromatic carbocycles. The van der Waals surface area contributed by atoms with E-state index in [1.165, 1.54) is 27.3 Å². The molecule has 0 saturated carbocycles. The number of nitrogens with zero attached hydrogens (tertiary/aromatic N) is 2. The summed E-state index contributed by atoms with van der Waals surface area (Å²) in [5.41, 5.74) is 1.31. The third-order valence-electron chi connectivity index (χ3n) is 3.39. The molecule has 3 rings (SSSR count). The van der Waals surface area contributed by atoms with E-state index in [2.05, 4.69) is 19.2 Å². The Bertz CT molecular complexity index is 603. The molecule has 0 radical (unpaired) electrons. The van der Waals surface area contributed by atoms with Gasteiger partial charge in [-0.2, -0.15) is 11.8 Å². The first kappa shape index (κ1) is 13.5. The highest BCUT2D eigenvalue weighted by atomic mass is 32.2. The summed E-state index contributed by atoms with van der Waals surface area (Å²) >= 11 is 5.77. The fourth-order valence-corrected chi connectivity index (χ4v) is 5.86. The number of thioether (sulfide) groups is 2. The number of hydrogen-bond donors (Lipinski definition) is 1. The lowest BCUT2D eigenvalue weighted by atomic mass is 10.2. The Morgan fingerprint density at radius 1 is 1.21 bits per heavy atom. The normalized spacial score (nSPS) is 19.8. The highest BCUT2D eigenvalue weighted by molar-refractivity contribution is 8.06. The molecule has 2 aromatic heterocycles. The van der Waals surface area contributed by atoms with Crippen molar-refractivity contribution in [2.24, 2.45) is 0 Å². The zero-order valence-corrected chi connectivity index (χ0v) is 13.8. The number of hydrogen-bond acceptors (Lipinski definition) is 6. The molecule has 6 heteroatoms. The van der Waals surface area contributed by atoms with E-state index in [0.717, 1.165) is 22.2 Å². The summed E-state index contributed by atoms with van der Waals surface area (Å²) in [6.45, 7) is 4.31. The molecule has 19 heavy (non-hydrogen) atoms. The molecule has 1 atom stereocenters. The van der Waals surface area contributed by atoms with Gasteiger partial charge in [0.15, 0.2) is 0 Å². The standard InChI is InChI=1S/C13H17N3S3/c1-7-8(2)19-13-10(7)12(14-3)15-11(16-13)9-6-17-4-5-18-9/h9H,4-6H2,1-3H3,(H,14,15,16). The maximum Gasteiger partial charge on any atom is 0.146 e. The molecular weight excluding hydrogens is 294 g/mol. The summed E-state index contributed by atoms with van der Waals surface area (Å²) in [5, 5.41) is 4.88. The summed E-state index contributed by atoms with van der Waals surface area (Å²) in [4.78, 5) is 12.1. The molecule has 0 bridgehead atoms. The predicted molar refractivity (Wildman–Crippen MR) is 89.0 cm³/mol. The lowest BCUT2D eigenvalue weighted by Crippen LogP contribution is -2.11. The molecule has 0 aliphatic carbocycles. The summed E-state index contributed by atoms with van der Waals surface area (Å²) in [7, 11) is 1.95. The number of thiophene rings is 1. The molecule has 3 heterocycles. The van der Waals surface area contributed by atoms with Gasteiger partial charge in [0.05, 0.1) is 10.6 Å². The van der Waals surface area contributed by atoms with Crippen LogP contribution in [0.25, 0.3) is 10.2 Å². The maximum absolute atomic E-state index is 4.82. The average Bonchev–Trinajstić information content (AvgIpc) is 2.74. The summed E-state index contributed by atoms with van der Waals surface area (Å²) in [6.07, 6.45) is 0. The van der Waals surface area contributed by atoms with Crippen molar-refractivity contribution in [2.75, 3.05) is 29.6 Å². The van der Waals surface area contributed by atoms with Gasteiger partial charge in [-0.1, -0.05) is 0 Å². The Morgan fingerprint density at radius 2 is 2.05 bits per heavy atom. The number of nitrogens with one attached hydrogen (secondary N) is 1. The van der Waals surface area contributed by atoms with Crippen LogP contribution in [0.3, 0.4) is 0 Å². The van der Waals surface area contributed by atoms with Crippen molar-refractivity contribution in [3.05, 3.63) is 16.3 Å². The fraction of sp³-hybridized carbons (Fsp3) is 0.538. The Labute approximate surface area is 126 Å². The van der Waals surface area contributed by atoms with Gasteiger partial charge in [-0.3, -0.25) is 0 Å². The minimum Gasteiger partial charge on any atom is -0.372 e. The van der Waals surface area contributed by atoms with E-state index in [4.69, 9.17) is 9.97 Å². The Kier molecular flexibility index (Phi) is 3.91. The molecule has 1 aliphatic rings. The molecule has 1 unspecified atom stereocenters. The second-order valence-corrected chi connectivity index (χ2v) is 8.24. The van der Waals surface area contributed by atoms with Crippen molar-refractivity contribution >= 4 is 50.9 Å². The SMILES string of the molecule is CNc1nc(C2CSCCS2)nc2sc(C)c(C)c12. The maximum atomic E-state index is 4.82. The molecule has 2 aromatic rings.